The number of aromatic carboxylic acids is 1. The van der Waals surface area contributed by atoms with Crippen LogP contribution in [-0.2, 0) is 4.74 Å². The van der Waals surface area contributed by atoms with E-state index in [1.807, 2.05) is 0 Å². The Labute approximate surface area is 141 Å². The summed E-state index contributed by atoms with van der Waals surface area (Å²) in [6.07, 6.45) is 0.712. The Hall–Kier alpha value is -2.13. The topological polar surface area (TPSA) is 110 Å². The second kappa shape index (κ2) is 6.78. The molecule has 0 aliphatic carbocycles. The Morgan fingerprint density at radius 3 is 2.79 bits per heavy atom. The number of non-ortho nitro benzene ring substituents is 1. The lowest BCUT2D eigenvalue weighted by atomic mass is 10.0. The van der Waals surface area contributed by atoms with Gasteiger partial charge in [-0.15, -0.1) is 0 Å². The van der Waals surface area contributed by atoms with Crippen LogP contribution < -0.4 is 0 Å². The molecular formula is C15H16N2O6S. The fourth-order valence-electron chi connectivity index (χ4n) is 3.07. The van der Waals surface area contributed by atoms with Gasteiger partial charge in [-0.2, -0.15) is 11.8 Å². The second-order valence-corrected chi connectivity index (χ2v) is 7.02. The number of carboxylic acids is 1. The van der Waals surface area contributed by atoms with Crippen molar-refractivity contribution in [3.63, 3.8) is 0 Å². The summed E-state index contributed by atoms with van der Waals surface area (Å²) < 4.78 is 5.45. The van der Waals surface area contributed by atoms with Crippen molar-refractivity contribution >= 4 is 29.3 Å². The molecular weight excluding hydrogens is 336 g/mol. The first-order chi connectivity index (χ1) is 11.5. The van der Waals surface area contributed by atoms with E-state index >= 15 is 0 Å². The SMILES string of the molecule is O=C(O)c1cc(C(=O)N2CCSC3COCCC32)cc([N+](=O)[O-])c1. The van der Waals surface area contributed by atoms with Crippen LogP contribution >= 0.6 is 11.8 Å². The van der Waals surface area contributed by atoms with Gasteiger partial charge in [0.2, 0.25) is 0 Å². The van der Waals surface area contributed by atoms with E-state index in [0.717, 1.165) is 17.9 Å². The Morgan fingerprint density at radius 1 is 1.33 bits per heavy atom. The summed E-state index contributed by atoms with van der Waals surface area (Å²) in [5.41, 5.74) is -0.616. The van der Waals surface area contributed by atoms with Crippen LogP contribution in [0.3, 0.4) is 0 Å². The van der Waals surface area contributed by atoms with Crippen molar-refractivity contribution in [2.45, 2.75) is 17.7 Å². The highest BCUT2D eigenvalue weighted by atomic mass is 32.2. The number of rotatable bonds is 3. The lowest BCUT2D eigenvalue weighted by Crippen LogP contribution is -2.54. The third-order valence-corrected chi connectivity index (χ3v) is 5.51. The molecule has 3 rings (SSSR count). The monoisotopic (exact) mass is 352 g/mol. The number of benzene rings is 1. The van der Waals surface area contributed by atoms with Crippen LogP contribution in [0.25, 0.3) is 0 Å². The summed E-state index contributed by atoms with van der Waals surface area (Å²) in [5, 5.41) is 20.3. The summed E-state index contributed by atoms with van der Waals surface area (Å²) in [6.45, 7) is 1.69. The van der Waals surface area contributed by atoms with Gasteiger partial charge in [0, 0.05) is 47.9 Å². The normalized spacial score (nSPS) is 23.4. The minimum absolute atomic E-state index is 0.0116. The molecule has 2 fully saturated rings. The minimum Gasteiger partial charge on any atom is -0.478 e. The van der Waals surface area contributed by atoms with Crippen LogP contribution in [0.2, 0.25) is 0 Å². The molecule has 128 valence electrons. The highest BCUT2D eigenvalue weighted by Gasteiger charge is 2.37. The van der Waals surface area contributed by atoms with E-state index in [-0.39, 0.29) is 28.3 Å². The Morgan fingerprint density at radius 2 is 2.08 bits per heavy atom. The molecule has 2 aliphatic heterocycles. The second-order valence-electron chi connectivity index (χ2n) is 5.67. The quantitative estimate of drug-likeness (QED) is 0.650. The fraction of sp³-hybridized carbons (Fsp3) is 0.467. The Bertz CT molecular complexity index is 660. The number of amides is 1. The van der Waals surface area contributed by atoms with Crippen LogP contribution in [0.5, 0.6) is 0 Å². The van der Waals surface area contributed by atoms with Crippen molar-refractivity contribution in [2.75, 3.05) is 25.5 Å². The molecule has 1 N–H and O–H groups in total. The molecule has 1 aromatic carbocycles. The Kier molecular flexibility index (Phi) is 4.72. The number of carboxylic acid groups (broad SMARTS) is 1. The maximum Gasteiger partial charge on any atom is 0.335 e. The van der Waals surface area contributed by atoms with Gasteiger partial charge in [0.1, 0.15) is 0 Å². The van der Waals surface area contributed by atoms with Crippen molar-refractivity contribution < 1.29 is 24.4 Å². The van der Waals surface area contributed by atoms with E-state index in [4.69, 9.17) is 9.84 Å². The predicted molar refractivity (Wildman–Crippen MR) is 86.6 cm³/mol. The van der Waals surface area contributed by atoms with Crippen LogP contribution in [0, 0.1) is 10.1 Å². The lowest BCUT2D eigenvalue weighted by molar-refractivity contribution is -0.384. The molecule has 1 aromatic rings. The number of nitrogens with zero attached hydrogens (tertiary/aromatic N) is 2. The average Bonchev–Trinajstić information content (AvgIpc) is 2.60. The van der Waals surface area contributed by atoms with Gasteiger partial charge in [-0.1, -0.05) is 0 Å². The molecule has 0 bridgehead atoms. The third-order valence-electron chi connectivity index (χ3n) is 4.22. The summed E-state index contributed by atoms with van der Waals surface area (Å²) in [7, 11) is 0. The van der Waals surface area contributed by atoms with Crippen molar-refractivity contribution in [1.29, 1.82) is 0 Å². The molecule has 0 saturated carbocycles. The van der Waals surface area contributed by atoms with Crippen LogP contribution in [0.4, 0.5) is 5.69 Å². The van der Waals surface area contributed by atoms with Gasteiger partial charge in [-0.05, 0) is 12.5 Å². The van der Waals surface area contributed by atoms with Gasteiger partial charge in [-0.25, -0.2) is 4.79 Å². The first-order valence-corrected chi connectivity index (χ1v) is 8.55. The maximum atomic E-state index is 12.9. The van der Waals surface area contributed by atoms with Crippen molar-refractivity contribution in [2.24, 2.45) is 0 Å². The number of ether oxygens (including phenoxy) is 1. The molecule has 1 amide bonds. The summed E-state index contributed by atoms with van der Waals surface area (Å²) in [4.78, 5) is 36.1. The molecule has 2 aliphatic rings. The van der Waals surface area contributed by atoms with Gasteiger partial charge in [0.05, 0.1) is 17.1 Å². The van der Waals surface area contributed by atoms with Crippen molar-refractivity contribution in [3.05, 3.63) is 39.4 Å². The molecule has 0 spiro atoms. The minimum atomic E-state index is -1.30. The number of carbonyl (C=O) groups is 2. The predicted octanol–water partition coefficient (Wildman–Crippen LogP) is 1.64. The fourth-order valence-corrected chi connectivity index (χ4v) is 4.37. The average molecular weight is 352 g/mol. The smallest absolute Gasteiger partial charge is 0.335 e. The molecule has 2 atom stereocenters. The van der Waals surface area contributed by atoms with Crippen molar-refractivity contribution in [1.82, 2.24) is 4.90 Å². The molecule has 8 nitrogen and oxygen atoms in total. The number of nitro benzene ring substituents is 1. The highest BCUT2D eigenvalue weighted by molar-refractivity contribution is 8.00. The summed E-state index contributed by atoms with van der Waals surface area (Å²) >= 11 is 1.76. The zero-order valence-corrected chi connectivity index (χ0v) is 13.5. The number of carbonyl (C=O) groups excluding carboxylic acids is 1. The van der Waals surface area contributed by atoms with E-state index in [1.54, 1.807) is 16.7 Å². The lowest BCUT2D eigenvalue weighted by Gasteiger charge is -2.43. The van der Waals surface area contributed by atoms with Gasteiger partial charge in [-0.3, -0.25) is 14.9 Å². The van der Waals surface area contributed by atoms with E-state index in [1.165, 1.54) is 6.07 Å². The van der Waals surface area contributed by atoms with E-state index in [0.29, 0.717) is 26.2 Å². The number of hydrogen-bond donors (Lipinski definition) is 1. The molecule has 2 unspecified atom stereocenters. The summed E-state index contributed by atoms with van der Waals surface area (Å²) in [6, 6.07) is 3.32. The van der Waals surface area contributed by atoms with Gasteiger partial charge in [0.15, 0.2) is 0 Å². The zero-order valence-electron chi connectivity index (χ0n) is 12.7. The van der Waals surface area contributed by atoms with Crippen LogP contribution in [-0.4, -0.2) is 63.6 Å². The number of thioether (sulfide) groups is 1. The van der Waals surface area contributed by atoms with Gasteiger partial charge in [0.25, 0.3) is 11.6 Å². The first-order valence-electron chi connectivity index (χ1n) is 7.50. The van der Waals surface area contributed by atoms with Crippen molar-refractivity contribution in [3.8, 4) is 0 Å². The molecule has 0 radical (unpaired) electrons. The standard InChI is InChI=1S/C15H16N2O6S/c18-14(16-2-4-24-13-8-23-3-1-12(13)16)9-5-10(15(19)20)7-11(6-9)17(21)22/h5-7,12-13H,1-4,8H2,(H,19,20). The molecule has 2 saturated heterocycles. The van der Waals surface area contributed by atoms with E-state index < -0.39 is 16.6 Å². The molecule has 24 heavy (non-hydrogen) atoms. The first kappa shape index (κ1) is 16.7. The van der Waals surface area contributed by atoms with E-state index in [2.05, 4.69) is 0 Å². The largest absolute Gasteiger partial charge is 0.478 e. The van der Waals surface area contributed by atoms with E-state index in [9.17, 15) is 19.7 Å². The molecule has 9 heteroatoms. The molecule has 0 aromatic heterocycles. The highest BCUT2D eigenvalue weighted by Crippen LogP contribution is 2.31. The van der Waals surface area contributed by atoms with Crippen LogP contribution in [0.15, 0.2) is 18.2 Å². The third kappa shape index (κ3) is 3.22. The molecule has 2 heterocycles. The number of hydrogen-bond acceptors (Lipinski definition) is 6. The van der Waals surface area contributed by atoms with Gasteiger partial charge < -0.3 is 14.7 Å². The maximum absolute atomic E-state index is 12.9. The van der Waals surface area contributed by atoms with Gasteiger partial charge >= 0.3 is 5.97 Å². The zero-order chi connectivity index (χ0) is 17.3. The number of nitro groups is 1. The summed E-state index contributed by atoms with van der Waals surface area (Å²) in [5.74, 6) is -0.902. The van der Waals surface area contributed by atoms with Crippen LogP contribution in [0.1, 0.15) is 27.1 Å². The Balaban J connectivity index is 1.93. The number of fused-ring (bicyclic) bond motifs is 1.